The normalized spacial score (nSPS) is 20.2. The number of rotatable bonds is 4. The van der Waals surface area contributed by atoms with Gasteiger partial charge in [-0.3, -0.25) is 4.79 Å². The van der Waals surface area contributed by atoms with Crippen LogP contribution in [0, 0.1) is 11.7 Å². The number of halogens is 1. The molecule has 4 nitrogen and oxygen atoms in total. The van der Waals surface area contributed by atoms with E-state index < -0.39 is 0 Å². The fraction of sp³-hybridized carbons (Fsp3) is 0.562. The number of nitrogens with one attached hydrogen (secondary N) is 2. The lowest BCUT2D eigenvalue weighted by Crippen LogP contribution is -2.42. The first-order chi connectivity index (χ1) is 10.1. The maximum atomic E-state index is 13.6. The van der Waals surface area contributed by atoms with E-state index in [1.54, 1.807) is 13.1 Å². The molecule has 5 heteroatoms. The van der Waals surface area contributed by atoms with Gasteiger partial charge < -0.3 is 15.5 Å². The summed E-state index contributed by atoms with van der Waals surface area (Å²) in [6, 6.07) is 4.96. The van der Waals surface area contributed by atoms with Crippen LogP contribution in [0.4, 0.5) is 10.1 Å². The Bertz CT molecular complexity index is 506. The summed E-state index contributed by atoms with van der Waals surface area (Å²) in [6.45, 7) is 3.61. The summed E-state index contributed by atoms with van der Waals surface area (Å²) >= 11 is 0. The van der Waals surface area contributed by atoms with Crippen LogP contribution in [0.5, 0.6) is 0 Å². The molecule has 2 atom stereocenters. The van der Waals surface area contributed by atoms with Crippen LogP contribution < -0.4 is 15.5 Å². The zero-order chi connectivity index (χ0) is 15.4. The van der Waals surface area contributed by atoms with E-state index in [0.717, 1.165) is 30.6 Å². The Kier molecular flexibility index (Phi) is 5.17. The minimum Gasteiger partial charge on any atom is -0.370 e. The number of anilines is 1. The van der Waals surface area contributed by atoms with Crippen LogP contribution in [0.15, 0.2) is 18.2 Å². The minimum atomic E-state index is -0.226. The minimum absolute atomic E-state index is 0.00606. The number of hydrogen-bond donors (Lipinski definition) is 2. The monoisotopic (exact) mass is 293 g/mol. The fourth-order valence-electron chi connectivity index (χ4n) is 2.93. The quantitative estimate of drug-likeness (QED) is 0.893. The van der Waals surface area contributed by atoms with Crippen molar-refractivity contribution in [2.75, 3.05) is 32.1 Å². The molecule has 1 heterocycles. The smallest absolute Gasteiger partial charge is 0.224 e. The lowest BCUT2D eigenvalue weighted by atomic mass is 9.95. The second-order valence-corrected chi connectivity index (χ2v) is 5.61. The van der Waals surface area contributed by atoms with Crippen LogP contribution in [0.25, 0.3) is 0 Å². The molecule has 0 saturated carbocycles. The van der Waals surface area contributed by atoms with E-state index in [2.05, 4.69) is 15.5 Å². The molecule has 116 valence electrons. The molecule has 0 spiro atoms. The summed E-state index contributed by atoms with van der Waals surface area (Å²) in [7, 11) is 3.54. The first kappa shape index (κ1) is 15.8. The van der Waals surface area contributed by atoms with Crippen molar-refractivity contribution >= 4 is 11.6 Å². The van der Waals surface area contributed by atoms with Crippen LogP contribution in [-0.2, 0) is 4.79 Å². The highest BCUT2D eigenvalue weighted by Crippen LogP contribution is 2.30. The van der Waals surface area contributed by atoms with Gasteiger partial charge in [0.05, 0.1) is 5.92 Å². The van der Waals surface area contributed by atoms with Crippen LogP contribution in [0.2, 0.25) is 0 Å². The third-order valence-electron chi connectivity index (χ3n) is 4.27. The van der Waals surface area contributed by atoms with E-state index in [1.807, 2.05) is 20.0 Å². The molecule has 2 rings (SSSR count). The zero-order valence-electron chi connectivity index (χ0n) is 12.9. The highest BCUT2D eigenvalue weighted by atomic mass is 19.1. The number of amides is 1. The van der Waals surface area contributed by atoms with E-state index in [0.29, 0.717) is 6.54 Å². The first-order valence-electron chi connectivity index (χ1n) is 7.50. The van der Waals surface area contributed by atoms with Gasteiger partial charge in [-0.25, -0.2) is 4.39 Å². The highest BCUT2D eigenvalue weighted by Gasteiger charge is 2.27. The van der Waals surface area contributed by atoms with Gasteiger partial charge >= 0.3 is 0 Å². The van der Waals surface area contributed by atoms with Gasteiger partial charge in [0, 0.05) is 31.9 Å². The molecule has 1 amide bonds. The van der Waals surface area contributed by atoms with E-state index in [-0.39, 0.29) is 23.7 Å². The van der Waals surface area contributed by atoms with Crippen LogP contribution in [0.1, 0.15) is 31.4 Å². The average molecular weight is 293 g/mol. The molecular formula is C16H24FN3O. The van der Waals surface area contributed by atoms with Gasteiger partial charge in [0.2, 0.25) is 5.91 Å². The predicted molar refractivity (Wildman–Crippen MR) is 82.9 cm³/mol. The summed E-state index contributed by atoms with van der Waals surface area (Å²) in [4.78, 5) is 14.1. The third-order valence-corrected chi connectivity index (χ3v) is 4.27. The van der Waals surface area contributed by atoms with Crippen molar-refractivity contribution in [3.8, 4) is 0 Å². The van der Waals surface area contributed by atoms with E-state index in [1.165, 1.54) is 6.07 Å². The molecule has 0 radical (unpaired) electrons. The maximum Gasteiger partial charge on any atom is 0.224 e. The number of carbonyl (C=O) groups excluding carboxylic acids is 1. The lowest BCUT2D eigenvalue weighted by Gasteiger charge is -2.35. The highest BCUT2D eigenvalue weighted by molar-refractivity contribution is 5.79. The molecule has 1 aromatic carbocycles. The molecule has 0 aromatic heterocycles. The summed E-state index contributed by atoms with van der Waals surface area (Å²) in [5, 5.41) is 5.89. The van der Waals surface area contributed by atoms with Gasteiger partial charge in [-0.05, 0) is 50.6 Å². The van der Waals surface area contributed by atoms with Crippen molar-refractivity contribution in [2.24, 2.45) is 5.92 Å². The van der Waals surface area contributed by atoms with Crippen molar-refractivity contribution in [1.82, 2.24) is 10.6 Å². The number of nitrogens with zero attached hydrogens (tertiary/aromatic N) is 1. The van der Waals surface area contributed by atoms with Crippen molar-refractivity contribution in [3.05, 3.63) is 29.6 Å². The van der Waals surface area contributed by atoms with Crippen LogP contribution >= 0.6 is 0 Å². The number of benzene rings is 1. The predicted octanol–water partition coefficient (Wildman–Crippen LogP) is 2.07. The Morgan fingerprint density at radius 2 is 2.19 bits per heavy atom. The van der Waals surface area contributed by atoms with Crippen molar-refractivity contribution < 1.29 is 9.18 Å². The maximum absolute atomic E-state index is 13.6. The number of carbonyl (C=O) groups is 1. The van der Waals surface area contributed by atoms with Gasteiger partial charge in [-0.1, -0.05) is 0 Å². The molecule has 21 heavy (non-hydrogen) atoms. The first-order valence-corrected chi connectivity index (χ1v) is 7.50. The molecule has 0 bridgehead atoms. The molecule has 1 aliphatic heterocycles. The number of piperidine rings is 1. The van der Waals surface area contributed by atoms with Crippen molar-refractivity contribution in [1.29, 1.82) is 0 Å². The van der Waals surface area contributed by atoms with Crippen molar-refractivity contribution in [3.63, 3.8) is 0 Å². The summed E-state index contributed by atoms with van der Waals surface area (Å²) < 4.78 is 13.6. The summed E-state index contributed by atoms with van der Waals surface area (Å²) in [5.74, 6) is -0.132. The molecule has 1 aliphatic rings. The van der Waals surface area contributed by atoms with E-state index in [9.17, 15) is 9.18 Å². The van der Waals surface area contributed by atoms with Crippen molar-refractivity contribution in [2.45, 2.75) is 25.8 Å². The lowest BCUT2D eigenvalue weighted by molar-refractivity contribution is -0.124. The summed E-state index contributed by atoms with van der Waals surface area (Å²) in [5.41, 5.74) is 1.96. The third kappa shape index (κ3) is 3.53. The van der Waals surface area contributed by atoms with Gasteiger partial charge in [0.25, 0.3) is 0 Å². The molecular weight excluding hydrogens is 269 g/mol. The van der Waals surface area contributed by atoms with E-state index in [4.69, 9.17) is 0 Å². The van der Waals surface area contributed by atoms with Gasteiger partial charge in [0.1, 0.15) is 5.82 Å². The molecule has 0 aliphatic carbocycles. The fourth-order valence-corrected chi connectivity index (χ4v) is 2.93. The largest absolute Gasteiger partial charge is 0.370 e. The van der Waals surface area contributed by atoms with E-state index >= 15 is 0 Å². The molecule has 2 N–H and O–H groups in total. The Labute approximate surface area is 125 Å². The Morgan fingerprint density at radius 3 is 2.86 bits per heavy atom. The van der Waals surface area contributed by atoms with Gasteiger partial charge in [0.15, 0.2) is 0 Å². The molecule has 2 unspecified atom stereocenters. The zero-order valence-corrected chi connectivity index (χ0v) is 12.9. The Morgan fingerprint density at radius 1 is 1.43 bits per heavy atom. The van der Waals surface area contributed by atoms with Gasteiger partial charge in [-0.2, -0.15) is 0 Å². The molecule has 1 fully saturated rings. The average Bonchev–Trinajstić information content (AvgIpc) is 2.53. The van der Waals surface area contributed by atoms with Crippen LogP contribution in [0.3, 0.4) is 0 Å². The molecule has 1 saturated heterocycles. The summed E-state index contributed by atoms with van der Waals surface area (Å²) in [6.07, 6.45) is 1.89. The number of hydrogen-bond acceptors (Lipinski definition) is 3. The van der Waals surface area contributed by atoms with Gasteiger partial charge in [-0.15, -0.1) is 0 Å². The van der Waals surface area contributed by atoms with Crippen LogP contribution in [-0.4, -0.2) is 33.1 Å². The molecule has 1 aromatic rings. The SMILES string of the molecule is CNC(=O)C1CCCN(c2ccc(F)cc2C(C)NC)C1. The Balaban J connectivity index is 2.26. The second kappa shape index (κ2) is 6.89. The topological polar surface area (TPSA) is 44.4 Å². The Hall–Kier alpha value is -1.62. The second-order valence-electron chi connectivity index (χ2n) is 5.61. The standard InChI is InChI=1S/C16H24FN3O/c1-11(18-2)14-9-13(17)6-7-15(14)20-8-4-5-12(10-20)16(21)19-3/h6-7,9,11-12,18H,4-5,8,10H2,1-3H3,(H,19,21).